The van der Waals surface area contributed by atoms with E-state index in [1.54, 1.807) is 0 Å². The Bertz CT molecular complexity index is 447. The third-order valence-electron chi connectivity index (χ3n) is 1.92. The lowest BCUT2D eigenvalue weighted by Crippen LogP contribution is -2.06. The average Bonchev–Trinajstić information content (AvgIpc) is 2.27. The van der Waals surface area contributed by atoms with Crippen LogP contribution in [0.15, 0.2) is 16.6 Å². The minimum Gasteiger partial charge on any atom is -0.465 e. The van der Waals surface area contributed by atoms with E-state index in [1.807, 2.05) is 0 Å². The lowest BCUT2D eigenvalue weighted by atomic mass is 10.1. The van der Waals surface area contributed by atoms with Gasteiger partial charge in [0.05, 0.1) is 22.1 Å². The molecule has 1 aromatic rings. The van der Waals surface area contributed by atoms with Gasteiger partial charge in [0.2, 0.25) is 0 Å². The monoisotopic (exact) mass is 351 g/mol. The maximum absolute atomic E-state index is 11.4. The van der Waals surface area contributed by atoms with Crippen LogP contribution in [0.25, 0.3) is 0 Å². The Morgan fingerprint density at radius 2 is 2.19 bits per heavy atom. The van der Waals surface area contributed by atoms with E-state index in [0.717, 1.165) is 0 Å². The number of ether oxygens (including phenoxy) is 1. The summed E-state index contributed by atoms with van der Waals surface area (Å²) < 4.78 is 4.89. The molecule has 86 valence electrons. The second-order valence-corrected chi connectivity index (χ2v) is 4.26. The molecule has 0 saturated heterocycles. The first kappa shape index (κ1) is 13.1. The molecule has 0 fully saturated rings. The standard InChI is InChI=1S/C9H7Br2NO4/c1-16-9(13)6-3-8(12(14)15)7(11)2-5(6)4-10/h2-3H,4H2,1H3. The fourth-order valence-electron chi connectivity index (χ4n) is 1.15. The van der Waals surface area contributed by atoms with Crippen molar-refractivity contribution in [3.05, 3.63) is 37.8 Å². The van der Waals surface area contributed by atoms with Gasteiger partial charge in [-0.3, -0.25) is 10.1 Å². The Kier molecular flexibility index (Phi) is 4.43. The number of benzene rings is 1. The summed E-state index contributed by atoms with van der Waals surface area (Å²) in [6.45, 7) is 0. The van der Waals surface area contributed by atoms with Gasteiger partial charge in [-0.25, -0.2) is 4.79 Å². The van der Waals surface area contributed by atoms with Crippen molar-refractivity contribution >= 4 is 43.5 Å². The van der Waals surface area contributed by atoms with Crippen LogP contribution < -0.4 is 0 Å². The maximum atomic E-state index is 11.4. The molecule has 7 heteroatoms. The molecule has 0 heterocycles. The average molecular weight is 353 g/mol. The summed E-state index contributed by atoms with van der Waals surface area (Å²) in [7, 11) is 1.23. The second-order valence-electron chi connectivity index (χ2n) is 2.84. The van der Waals surface area contributed by atoms with Gasteiger partial charge in [0, 0.05) is 11.4 Å². The number of nitro benzene ring substituents is 1. The molecular formula is C9H7Br2NO4. The van der Waals surface area contributed by atoms with Gasteiger partial charge < -0.3 is 4.74 Å². The molecule has 0 aliphatic carbocycles. The highest BCUT2D eigenvalue weighted by Crippen LogP contribution is 2.29. The quantitative estimate of drug-likeness (QED) is 0.363. The summed E-state index contributed by atoms with van der Waals surface area (Å²) in [5, 5.41) is 11.1. The van der Waals surface area contributed by atoms with Gasteiger partial charge in [0.25, 0.3) is 5.69 Å². The lowest BCUT2D eigenvalue weighted by Gasteiger charge is -2.06. The number of nitrogens with zero attached hydrogens (tertiary/aromatic N) is 1. The van der Waals surface area contributed by atoms with E-state index in [4.69, 9.17) is 0 Å². The van der Waals surface area contributed by atoms with Crippen LogP contribution in [0.5, 0.6) is 0 Å². The second kappa shape index (κ2) is 5.40. The van der Waals surface area contributed by atoms with Crippen LogP contribution in [0.1, 0.15) is 15.9 Å². The molecule has 0 amide bonds. The zero-order valence-electron chi connectivity index (χ0n) is 8.20. The highest BCUT2D eigenvalue weighted by molar-refractivity contribution is 9.10. The van der Waals surface area contributed by atoms with E-state index in [-0.39, 0.29) is 11.3 Å². The predicted octanol–water partition coefficient (Wildman–Crippen LogP) is 3.04. The van der Waals surface area contributed by atoms with E-state index >= 15 is 0 Å². The predicted molar refractivity (Wildman–Crippen MR) is 64.8 cm³/mol. The number of methoxy groups -OCH3 is 1. The van der Waals surface area contributed by atoms with Crippen LogP contribution in [0.3, 0.4) is 0 Å². The first-order chi connectivity index (χ1) is 7.51. The molecule has 1 aromatic carbocycles. The third kappa shape index (κ3) is 2.59. The van der Waals surface area contributed by atoms with E-state index < -0.39 is 10.9 Å². The van der Waals surface area contributed by atoms with E-state index in [9.17, 15) is 14.9 Å². The molecule has 1 rings (SSSR count). The smallest absolute Gasteiger partial charge is 0.338 e. The number of carbonyl (C=O) groups excluding carboxylic acids is 1. The zero-order valence-corrected chi connectivity index (χ0v) is 11.4. The lowest BCUT2D eigenvalue weighted by molar-refractivity contribution is -0.385. The number of halogens is 2. The van der Waals surface area contributed by atoms with E-state index in [0.29, 0.717) is 15.4 Å². The minimum absolute atomic E-state index is 0.162. The van der Waals surface area contributed by atoms with Crippen molar-refractivity contribution in [1.82, 2.24) is 0 Å². The van der Waals surface area contributed by atoms with Gasteiger partial charge >= 0.3 is 5.97 Å². The van der Waals surface area contributed by atoms with Gasteiger partial charge in [-0.1, -0.05) is 15.9 Å². The molecule has 0 saturated carbocycles. The van der Waals surface area contributed by atoms with Crippen molar-refractivity contribution in [2.75, 3.05) is 7.11 Å². The Hall–Kier alpha value is -0.950. The Labute approximate surface area is 108 Å². The molecule has 0 atom stereocenters. The third-order valence-corrected chi connectivity index (χ3v) is 3.16. The number of hydrogen-bond acceptors (Lipinski definition) is 4. The van der Waals surface area contributed by atoms with E-state index in [1.165, 1.54) is 19.2 Å². The van der Waals surface area contributed by atoms with Crippen molar-refractivity contribution in [2.45, 2.75) is 5.33 Å². The number of nitro groups is 1. The van der Waals surface area contributed by atoms with Gasteiger partial charge in [0.15, 0.2) is 0 Å². The molecule has 0 aliphatic heterocycles. The van der Waals surface area contributed by atoms with Crippen molar-refractivity contribution in [3.63, 3.8) is 0 Å². The highest BCUT2D eigenvalue weighted by atomic mass is 79.9. The molecule has 0 aromatic heterocycles. The van der Waals surface area contributed by atoms with Crippen LogP contribution in [-0.4, -0.2) is 18.0 Å². The summed E-state index contributed by atoms with van der Waals surface area (Å²) in [6, 6.07) is 2.73. The molecule has 0 N–H and O–H groups in total. The summed E-state index contributed by atoms with van der Waals surface area (Å²) >= 11 is 6.28. The molecule has 0 unspecified atom stereocenters. The molecule has 0 spiro atoms. The highest BCUT2D eigenvalue weighted by Gasteiger charge is 2.20. The van der Waals surface area contributed by atoms with Crippen LogP contribution in [-0.2, 0) is 10.1 Å². The zero-order chi connectivity index (χ0) is 12.3. The molecule has 0 aliphatic rings. The van der Waals surface area contributed by atoms with Crippen LogP contribution in [0, 0.1) is 10.1 Å². The van der Waals surface area contributed by atoms with Crippen molar-refractivity contribution in [1.29, 1.82) is 0 Å². The van der Waals surface area contributed by atoms with Crippen LogP contribution in [0.2, 0.25) is 0 Å². The van der Waals surface area contributed by atoms with Crippen molar-refractivity contribution in [3.8, 4) is 0 Å². The van der Waals surface area contributed by atoms with Crippen molar-refractivity contribution in [2.24, 2.45) is 0 Å². The number of alkyl halides is 1. The fraction of sp³-hybridized carbons (Fsp3) is 0.222. The first-order valence-electron chi connectivity index (χ1n) is 4.12. The Balaban J connectivity index is 3.40. The van der Waals surface area contributed by atoms with Crippen LogP contribution in [0.4, 0.5) is 5.69 Å². The summed E-state index contributed by atoms with van der Waals surface area (Å²) in [4.78, 5) is 21.5. The van der Waals surface area contributed by atoms with Gasteiger partial charge in [-0.05, 0) is 27.6 Å². The number of rotatable bonds is 3. The topological polar surface area (TPSA) is 69.4 Å². The Morgan fingerprint density at radius 1 is 1.56 bits per heavy atom. The molecule has 0 bridgehead atoms. The molecule has 5 nitrogen and oxygen atoms in total. The maximum Gasteiger partial charge on any atom is 0.338 e. The first-order valence-corrected chi connectivity index (χ1v) is 6.03. The number of carbonyl (C=O) groups is 1. The Morgan fingerprint density at radius 3 is 2.62 bits per heavy atom. The minimum atomic E-state index is -0.593. The molecular weight excluding hydrogens is 346 g/mol. The van der Waals surface area contributed by atoms with Gasteiger partial charge in [-0.2, -0.15) is 0 Å². The normalized spacial score (nSPS) is 9.94. The summed E-state index contributed by atoms with van der Waals surface area (Å²) in [5.74, 6) is -0.593. The molecule has 16 heavy (non-hydrogen) atoms. The number of esters is 1. The van der Waals surface area contributed by atoms with Crippen molar-refractivity contribution < 1.29 is 14.5 Å². The van der Waals surface area contributed by atoms with Crippen LogP contribution >= 0.6 is 31.9 Å². The van der Waals surface area contributed by atoms with Gasteiger partial charge in [0.1, 0.15) is 0 Å². The number of hydrogen-bond donors (Lipinski definition) is 0. The SMILES string of the molecule is COC(=O)c1cc([N+](=O)[O-])c(Br)cc1CBr. The largest absolute Gasteiger partial charge is 0.465 e. The van der Waals surface area contributed by atoms with E-state index in [2.05, 4.69) is 36.6 Å². The molecule has 0 radical (unpaired) electrons. The summed E-state index contributed by atoms with van der Waals surface area (Å²) in [5.41, 5.74) is 0.656. The fourth-order valence-corrected chi connectivity index (χ4v) is 2.15. The summed E-state index contributed by atoms with van der Waals surface area (Å²) in [6.07, 6.45) is 0. The van der Waals surface area contributed by atoms with Gasteiger partial charge in [-0.15, -0.1) is 0 Å².